The molecule has 0 radical (unpaired) electrons. The maximum Gasteiger partial charge on any atom is 0.119 e. The fourth-order valence-electron chi connectivity index (χ4n) is 3.19. The molecule has 3 rings (SSSR count). The predicted octanol–water partition coefficient (Wildman–Crippen LogP) is 3.56. The third-order valence-corrected chi connectivity index (χ3v) is 5.50. The Hall–Kier alpha value is -0.710. The van der Waals surface area contributed by atoms with E-state index in [0.717, 1.165) is 43.6 Å². The Bertz CT molecular complexity index is 446. The molecule has 2 aliphatic heterocycles. The molecule has 0 aromatic heterocycles. The summed E-state index contributed by atoms with van der Waals surface area (Å²) in [4.78, 5) is 0. The quantitative estimate of drug-likeness (QED) is 0.926. The second-order valence-corrected chi connectivity index (χ2v) is 7.35. The van der Waals surface area contributed by atoms with Gasteiger partial charge in [-0.15, -0.1) is 0 Å². The van der Waals surface area contributed by atoms with Gasteiger partial charge >= 0.3 is 0 Å². The second kappa shape index (κ2) is 6.59. The minimum absolute atomic E-state index is 0.0632. The molecule has 0 aliphatic carbocycles. The maximum atomic E-state index is 9.54. The van der Waals surface area contributed by atoms with Crippen molar-refractivity contribution in [2.24, 2.45) is 0 Å². The molecule has 2 aliphatic rings. The summed E-state index contributed by atoms with van der Waals surface area (Å²) in [6.45, 7) is 2.58. The van der Waals surface area contributed by atoms with E-state index in [-0.39, 0.29) is 11.7 Å². The zero-order chi connectivity index (χ0) is 14.7. The molecule has 2 atom stereocenters. The van der Waals surface area contributed by atoms with Crippen molar-refractivity contribution in [2.75, 3.05) is 18.1 Å². The van der Waals surface area contributed by atoms with E-state index in [1.165, 1.54) is 11.5 Å². The van der Waals surface area contributed by atoms with Crippen molar-refractivity contribution >= 4 is 11.8 Å². The van der Waals surface area contributed by atoms with Gasteiger partial charge in [0.25, 0.3) is 0 Å². The molecule has 2 fully saturated rings. The van der Waals surface area contributed by atoms with E-state index in [1.807, 2.05) is 36.0 Å². The lowest BCUT2D eigenvalue weighted by Crippen LogP contribution is -2.46. The van der Waals surface area contributed by atoms with Crippen molar-refractivity contribution in [3.8, 4) is 5.75 Å². The monoisotopic (exact) mass is 308 g/mol. The third kappa shape index (κ3) is 3.74. The van der Waals surface area contributed by atoms with Crippen LogP contribution in [-0.2, 0) is 4.74 Å². The molecule has 2 heterocycles. The first-order valence-electron chi connectivity index (χ1n) is 7.83. The van der Waals surface area contributed by atoms with Crippen LogP contribution < -0.4 is 4.74 Å². The van der Waals surface area contributed by atoms with Gasteiger partial charge in [-0.1, -0.05) is 12.1 Å². The lowest BCUT2D eigenvalue weighted by atomic mass is 9.86. The van der Waals surface area contributed by atoms with Crippen LogP contribution >= 0.6 is 11.8 Å². The molecule has 1 N–H and O–H groups in total. The fourth-order valence-corrected chi connectivity index (χ4v) is 4.43. The van der Waals surface area contributed by atoms with Crippen molar-refractivity contribution in [3.63, 3.8) is 0 Å². The lowest BCUT2D eigenvalue weighted by Gasteiger charge is -2.43. The van der Waals surface area contributed by atoms with Crippen molar-refractivity contribution in [1.82, 2.24) is 0 Å². The maximum absolute atomic E-state index is 9.54. The summed E-state index contributed by atoms with van der Waals surface area (Å²) in [7, 11) is 0. The number of aliphatic hydroxyl groups excluding tert-OH is 1. The van der Waals surface area contributed by atoms with Crippen LogP contribution in [0.3, 0.4) is 0 Å². The predicted molar refractivity (Wildman–Crippen MR) is 86.0 cm³/mol. The van der Waals surface area contributed by atoms with Crippen LogP contribution in [0.1, 0.15) is 44.3 Å². The van der Waals surface area contributed by atoms with Crippen LogP contribution in [0.4, 0.5) is 0 Å². The van der Waals surface area contributed by atoms with Crippen molar-refractivity contribution < 1.29 is 14.6 Å². The standard InChI is InChI=1S/C17H24O3S/c1-13(18)14-2-4-15(5-3-14)20-16-6-9-19-17(12-16)7-10-21-11-8-17/h2-5,13,16,18H,6-12H2,1H3. The summed E-state index contributed by atoms with van der Waals surface area (Å²) in [6.07, 6.45) is 4.10. The van der Waals surface area contributed by atoms with Crippen LogP contribution in [-0.4, -0.2) is 34.9 Å². The Morgan fingerprint density at radius 2 is 2.00 bits per heavy atom. The van der Waals surface area contributed by atoms with E-state index in [4.69, 9.17) is 9.47 Å². The molecule has 1 aromatic carbocycles. The summed E-state index contributed by atoms with van der Waals surface area (Å²) in [5.74, 6) is 3.30. The number of benzene rings is 1. The van der Waals surface area contributed by atoms with Gasteiger partial charge in [-0.25, -0.2) is 0 Å². The van der Waals surface area contributed by atoms with E-state index in [1.54, 1.807) is 6.92 Å². The van der Waals surface area contributed by atoms with Crippen molar-refractivity contribution in [3.05, 3.63) is 29.8 Å². The summed E-state index contributed by atoms with van der Waals surface area (Å²) >= 11 is 2.03. The number of ether oxygens (including phenoxy) is 2. The molecule has 116 valence electrons. The van der Waals surface area contributed by atoms with Crippen LogP contribution in [0.15, 0.2) is 24.3 Å². The van der Waals surface area contributed by atoms with Crippen molar-refractivity contribution in [1.29, 1.82) is 0 Å². The molecule has 0 amide bonds. The minimum Gasteiger partial charge on any atom is -0.490 e. The van der Waals surface area contributed by atoms with Gasteiger partial charge in [0.15, 0.2) is 0 Å². The summed E-state index contributed by atoms with van der Waals surface area (Å²) in [5, 5.41) is 9.54. The summed E-state index contributed by atoms with van der Waals surface area (Å²) < 4.78 is 12.2. The largest absolute Gasteiger partial charge is 0.490 e. The molecule has 2 saturated heterocycles. The highest BCUT2D eigenvalue weighted by atomic mass is 32.2. The second-order valence-electron chi connectivity index (χ2n) is 6.12. The number of hydrogen-bond acceptors (Lipinski definition) is 4. The highest BCUT2D eigenvalue weighted by molar-refractivity contribution is 7.99. The molecule has 2 unspecified atom stereocenters. The Kier molecular flexibility index (Phi) is 4.77. The number of aliphatic hydroxyl groups is 1. The SMILES string of the molecule is CC(O)c1ccc(OC2CCOC3(CCSCC3)C2)cc1. The first-order chi connectivity index (χ1) is 10.2. The average Bonchev–Trinajstić information content (AvgIpc) is 2.49. The van der Waals surface area contributed by atoms with E-state index < -0.39 is 6.10 Å². The van der Waals surface area contributed by atoms with Gasteiger partial charge in [0, 0.05) is 12.8 Å². The Morgan fingerprint density at radius 1 is 1.29 bits per heavy atom. The Labute approximate surface area is 131 Å². The normalized spacial score (nSPS) is 26.5. The van der Waals surface area contributed by atoms with Crippen molar-refractivity contribution in [2.45, 2.75) is 50.4 Å². The summed E-state index contributed by atoms with van der Waals surface area (Å²) in [5.41, 5.74) is 0.989. The number of rotatable bonds is 3. The van der Waals surface area contributed by atoms with Crippen LogP contribution in [0.5, 0.6) is 5.75 Å². The van der Waals surface area contributed by atoms with Crippen LogP contribution in [0.25, 0.3) is 0 Å². The molecule has 0 bridgehead atoms. The average molecular weight is 308 g/mol. The highest BCUT2D eigenvalue weighted by Gasteiger charge is 2.39. The molecule has 1 spiro atoms. The van der Waals surface area contributed by atoms with E-state index >= 15 is 0 Å². The molecular formula is C17H24O3S. The summed E-state index contributed by atoms with van der Waals surface area (Å²) in [6, 6.07) is 7.79. The fraction of sp³-hybridized carbons (Fsp3) is 0.647. The first kappa shape index (κ1) is 15.2. The lowest BCUT2D eigenvalue weighted by molar-refractivity contribution is -0.116. The molecular weight excluding hydrogens is 284 g/mol. The number of hydrogen-bond donors (Lipinski definition) is 1. The Balaban J connectivity index is 1.61. The van der Waals surface area contributed by atoms with Gasteiger partial charge in [0.2, 0.25) is 0 Å². The molecule has 3 nitrogen and oxygen atoms in total. The molecule has 1 aromatic rings. The molecule has 21 heavy (non-hydrogen) atoms. The van der Waals surface area contributed by atoms with Gasteiger partial charge in [-0.2, -0.15) is 11.8 Å². The van der Waals surface area contributed by atoms with E-state index in [0.29, 0.717) is 0 Å². The van der Waals surface area contributed by atoms with Gasteiger partial charge < -0.3 is 14.6 Å². The zero-order valence-corrected chi connectivity index (χ0v) is 13.4. The topological polar surface area (TPSA) is 38.7 Å². The third-order valence-electron chi connectivity index (χ3n) is 4.52. The molecule has 4 heteroatoms. The van der Waals surface area contributed by atoms with Gasteiger partial charge in [0.1, 0.15) is 11.9 Å². The van der Waals surface area contributed by atoms with E-state index in [9.17, 15) is 5.11 Å². The highest BCUT2D eigenvalue weighted by Crippen LogP contribution is 2.38. The van der Waals surface area contributed by atoms with Gasteiger partial charge in [-0.05, 0) is 49.0 Å². The smallest absolute Gasteiger partial charge is 0.119 e. The Morgan fingerprint density at radius 3 is 2.67 bits per heavy atom. The minimum atomic E-state index is -0.426. The van der Waals surface area contributed by atoms with Crippen LogP contribution in [0, 0.1) is 0 Å². The van der Waals surface area contributed by atoms with Gasteiger partial charge in [-0.3, -0.25) is 0 Å². The first-order valence-corrected chi connectivity index (χ1v) is 8.99. The zero-order valence-electron chi connectivity index (χ0n) is 12.6. The van der Waals surface area contributed by atoms with Crippen LogP contribution in [0.2, 0.25) is 0 Å². The van der Waals surface area contributed by atoms with E-state index in [2.05, 4.69) is 0 Å². The van der Waals surface area contributed by atoms with Gasteiger partial charge in [0.05, 0.1) is 18.3 Å². The molecule has 0 saturated carbocycles. The number of thioether (sulfide) groups is 1.